The molecule has 278 valence electrons. The van der Waals surface area contributed by atoms with Gasteiger partial charge in [-0.1, -0.05) is 31.5 Å². The Balaban J connectivity index is 1.88. The van der Waals surface area contributed by atoms with Crippen molar-refractivity contribution in [1.29, 1.82) is 0 Å². The van der Waals surface area contributed by atoms with Crippen LogP contribution in [0, 0.1) is 38.3 Å². The number of halogens is 8. The summed E-state index contributed by atoms with van der Waals surface area (Å²) in [5.41, 5.74) is -5.25. The number of amides is 1. The molecular formula is C36H39F8N3O4. The van der Waals surface area contributed by atoms with Crippen LogP contribution in [0.5, 0.6) is 0 Å². The zero-order valence-corrected chi connectivity index (χ0v) is 28.7. The summed E-state index contributed by atoms with van der Waals surface area (Å²) < 4.78 is 118. The van der Waals surface area contributed by atoms with Gasteiger partial charge in [0.15, 0.2) is 0 Å². The van der Waals surface area contributed by atoms with Crippen molar-refractivity contribution < 1.29 is 49.8 Å². The minimum Gasteiger partial charge on any atom is -0.481 e. The van der Waals surface area contributed by atoms with E-state index in [9.17, 15) is 45.8 Å². The standard InChI is InChI=1S/C36H39F8N3O4/c1-18(2)11-27(47-17-22(7-10-46-8-6-9-46)24(15-28(47)48)35(39,40)41)34(51)45-26(16-29(49)50)31-32(37)23(14-25(33(31)38)36(42,43)44)30-20(4)12-19(3)13-21(30)5/h12-15,17-18,26-27H,6-11,16H2,1-5H3,(H,45,51)(H,49,50)/t26-,27?/m0/s1. The molecule has 7 nitrogen and oxygen atoms in total. The van der Waals surface area contributed by atoms with Gasteiger partial charge in [-0.2, -0.15) is 26.3 Å². The quantitative estimate of drug-likeness (QED) is 0.185. The lowest BCUT2D eigenvalue weighted by Gasteiger charge is -2.31. The van der Waals surface area contributed by atoms with E-state index in [0.717, 1.165) is 17.2 Å². The summed E-state index contributed by atoms with van der Waals surface area (Å²) in [7, 11) is 0. The van der Waals surface area contributed by atoms with Gasteiger partial charge in [0, 0.05) is 29.9 Å². The van der Waals surface area contributed by atoms with Crippen LogP contribution in [-0.4, -0.2) is 46.1 Å². The van der Waals surface area contributed by atoms with Crippen LogP contribution < -0.4 is 10.9 Å². The molecule has 1 unspecified atom stereocenters. The van der Waals surface area contributed by atoms with Crippen LogP contribution in [-0.2, 0) is 28.4 Å². The lowest BCUT2D eigenvalue weighted by Crippen LogP contribution is -2.41. The Morgan fingerprint density at radius 2 is 1.49 bits per heavy atom. The summed E-state index contributed by atoms with van der Waals surface area (Å²) >= 11 is 0. The van der Waals surface area contributed by atoms with Gasteiger partial charge in [0.1, 0.15) is 17.7 Å². The lowest BCUT2D eigenvalue weighted by atomic mass is 9.88. The van der Waals surface area contributed by atoms with E-state index < -0.39 is 88.1 Å². The summed E-state index contributed by atoms with van der Waals surface area (Å²) in [6.07, 6.45) is -10.1. The minimum atomic E-state index is -5.37. The maximum absolute atomic E-state index is 16.5. The second-order valence-electron chi connectivity index (χ2n) is 13.5. The highest BCUT2D eigenvalue weighted by Crippen LogP contribution is 2.42. The number of carboxylic acid groups (broad SMARTS) is 1. The second kappa shape index (κ2) is 15.1. The van der Waals surface area contributed by atoms with E-state index in [1.807, 2.05) is 4.90 Å². The third-order valence-electron chi connectivity index (χ3n) is 8.98. The summed E-state index contributed by atoms with van der Waals surface area (Å²) in [6.45, 7) is 9.57. The number of aromatic nitrogens is 1. The Bertz CT molecular complexity index is 1840. The maximum atomic E-state index is 16.5. The van der Waals surface area contributed by atoms with Gasteiger partial charge in [-0.25, -0.2) is 8.78 Å². The number of aryl methyl sites for hydroxylation is 3. The predicted molar refractivity (Wildman–Crippen MR) is 173 cm³/mol. The minimum absolute atomic E-state index is 0.00463. The van der Waals surface area contributed by atoms with E-state index in [2.05, 4.69) is 5.32 Å². The third kappa shape index (κ3) is 8.97. The molecule has 1 aliphatic rings. The number of pyridine rings is 1. The number of carbonyl (C=O) groups excluding carboxylic acids is 1. The Hall–Kier alpha value is -4.27. The number of rotatable bonds is 12. The van der Waals surface area contributed by atoms with Crippen molar-refractivity contribution in [3.63, 3.8) is 0 Å². The number of nitrogens with zero attached hydrogens (tertiary/aromatic N) is 2. The first-order valence-electron chi connectivity index (χ1n) is 16.3. The number of alkyl halides is 6. The van der Waals surface area contributed by atoms with Crippen LogP contribution in [0.2, 0.25) is 0 Å². The fraction of sp³-hybridized carbons (Fsp3) is 0.472. The first-order chi connectivity index (χ1) is 23.6. The maximum Gasteiger partial charge on any atom is 0.419 e. The van der Waals surface area contributed by atoms with Crippen LogP contribution in [0.4, 0.5) is 35.1 Å². The fourth-order valence-corrected chi connectivity index (χ4v) is 6.60. The molecule has 4 rings (SSSR count). The average Bonchev–Trinajstić information content (AvgIpc) is 2.94. The van der Waals surface area contributed by atoms with Crippen molar-refractivity contribution in [2.24, 2.45) is 5.92 Å². The smallest absolute Gasteiger partial charge is 0.419 e. The first kappa shape index (κ1) is 39.5. The van der Waals surface area contributed by atoms with Crippen LogP contribution in [0.3, 0.4) is 0 Å². The molecule has 15 heteroatoms. The Labute approximate surface area is 289 Å². The second-order valence-corrected chi connectivity index (χ2v) is 13.5. The van der Waals surface area contributed by atoms with Crippen molar-refractivity contribution in [3.05, 3.63) is 91.4 Å². The van der Waals surface area contributed by atoms with Gasteiger partial charge in [0.05, 0.1) is 23.6 Å². The van der Waals surface area contributed by atoms with Crippen LogP contribution in [0.25, 0.3) is 11.1 Å². The fourth-order valence-electron chi connectivity index (χ4n) is 6.60. The Morgan fingerprint density at radius 1 is 0.902 bits per heavy atom. The van der Waals surface area contributed by atoms with E-state index in [1.54, 1.807) is 32.9 Å². The molecule has 2 aromatic carbocycles. The lowest BCUT2D eigenvalue weighted by molar-refractivity contribution is -0.140. The predicted octanol–water partition coefficient (Wildman–Crippen LogP) is 7.92. The number of nitrogens with one attached hydrogen (secondary N) is 1. The summed E-state index contributed by atoms with van der Waals surface area (Å²) in [5, 5.41) is 11.9. The van der Waals surface area contributed by atoms with Crippen molar-refractivity contribution in [2.45, 2.75) is 84.7 Å². The highest BCUT2D eigenvalue weighted by molar-refractivity contribution is 5.82. The van der Waals surface area contributed by atoms with Crippen LogP contribution in [0.1, 0.15) is 84.1 Å². The topological polar surface area (TPSA) is 91.6 Å². The van der Waals surface area contributed by atoms with Gasteiger partial charge in [-0.05, 0) is 87.4 Å². The molecule has 1 saturated heterocycles. The number of carboxylic acids is 1. The van der Waals surface area contributed by atoms with Gasteiger partial charge in [-0.15, -0.1) is 0 Å². The molecule has 0 radical (unpaired) electrons. The molecule has 51 heavy (non-hydrogen) atoms. The Morgan fingerprint density at radius 3 is 1.98 bits per heavy atom. The normalized spacial score (nSPS) is 15.1. The summed E-state index contributed by atoms with van der Waals surface area (Å²) in [5.74, 6) is -7.05. The van der Waals surface area contributed by atoms with Crippen molar-refractivity contribution in [1.82, 2.24) is 14.8 Å². The SMILES string of the molecule is Cc1cc(C)c(-c2cc(C(F)(F)F)c(F)c([C@H](CC(=O)O)NC(=O)C(CC(C)C)n3cc(CCN4CCC4)c(C(F)(F)F)cc3=O)c2F)c(C)c1. The van der Waals surface area contributed by atoms with Crippen molar-refractivity contribution >= 4 is 11.9 Å². The van der Waals surface area contributed by atoms with Crippen LogP contribution >= 0.6 is 0 Å². The number of hydrogen-bond donors (Lipinski definition) is 2. The van der Waals surface area contributed by atoms with E-state index >= 15 is 8.78 Å². The molecule has 0 spiro atoms. The molecule has 0 saturated carbocycles. The van der Waals surface area contributed by atoms with E-state index in [-0.39, 0.29) is 30.5 Å². The van der Waals surface area contributed by atoms with Crippen molar-refractivity contribution in [2.75, 3.05) is 19.6 Å². The molecule has 0 aliphatic carbocycles. The number of aliphatic carboxylic acids is 1. The molecule has 1 aliphatic heterocycles. The largest absolute Gasteiger partial charge is 0.481 e. The van der Waals surface area contributed by atoms with E-state index in [1.165, 1.54) is 13.8 Å². The van der Waals surface area contributed by atoms with E-state index in [0.29, 0.717) is 41.9 Å². The highest BCUT2D eigenvalue weighted by atomic mass is 19.4. The van der Waals surface area contributed by atoms with Gasteiger partial charge < -0.3 is 19.9 Å². The van der Waals surface area contributed by atoms with Crippen LogP contribution in [0.15, 0.2) is 35.3 Å². The third-order valence-corrected chi connectivity index (χ3v) is 8.98. The Kier molecular flexibility index (Phi) is 11.7. The molecule has 3 aromatic rings. The average molecular weight is 730 g/mol. The zero-order valence-electron chi connectivity index (χ0n) is 28.7. The number of likely N-dealkylation sites (tertiary alicyclic amines) is 1. The molecule has 1 fully saturated rings. The molecule has 0 bridgehead atoms. The van der Waals surface area contributed by atoms with Crippen molar-refractivity contribution in [3.8, 4) is 11.1 Å². The summed E-state index contributed by atoms with van der Waals surface area (Å²) in [4.78, 5) is 41.0. The molecule has 2 heterocycles. The molecule has 1 aromatic heterocycles. The zero-order chi connectivity index (χ0) is 38.2. The molecule has 1 amide bonds. The van der Waals surface area contributed by atoms with Gasteiger partial charge in [-0.3, -0.25) is 14.4 Å². The number of benzene rings is 2. The molecular weight excluding hydrogens is 690 g/mol. The molecule has 2 atom stereocenters. The highest BCUT2D eigenvalue weighted by Gasteiger charge is 2.41. The monoisotopic (exact) mass is 729 g/mol. The number of hydrogen-bond acceptors (Lipinski definition) is 4. The number of carbonyl (C=O) groups is 2. The molecule has 2 N–H and O–H groups in total. The van der Waals surface area contributed by atoms with Gasteiger partial charge >= 0.3 is 18.3 Å². The van der Waals surface area contributed by atoms with Gasteiger partial charge in [0.2, 0.25) is 5.91 Å². The van der Waals surface area contributed by atoms with E-state index in [4.69, 9.17) is 0 Å². The van der Waals surface area contributed by atoms with Gasteiger partial charge in [0.25, 0.3) is 5.56 Å². The summed E-state index contributed by atoms with van der Waals surface area (Å²) in [6, 6.07) is -0.0608. The first-order valence-corrected chi connectivity index (χ1v) is 16.3.